The first-order chi connectivity index (χ1) is 6.82. The molecule has 0 spiro atoms. The van der Waals surface area contributed by atoms with Gasteiger partial charge in [0, 0.05) is 20.0 Å². The molecule has 0 aromatic heterocycles. The first-order valence-corrected chi connectivity index (χ1v) is 6.08. The van der Waals surface area contributed by atoms with Crippen LogP contribution in [0.2, 0.25) is 0 Å². The van der Waals surface area contributed by atoms with Gasteiger partial charge in [-0.1, -0.05) is 20.8 Å². The molecule has 1 aliphatic rings. The van der Waals surface area contributed by atoms with Crippen molar-refractivity contribution in [2.24, 2.45) is 17.3 Å². The van der Waals surface area contributed by atoms with Gasteiger partial charge in [0.15, 0.2) is 0 Å². The van der Waals surface area contributed by atoms with Crippen molar-refractivity contribution in [1.82, 2.24) is 4.90 Å². The summed E-state index contributed by atoms with van der Waals surface area (Å²) in [5, 5.41) is 7.99. The maximum atomic E-state index is 7.99. The second kappa shape index (κ2) is 4.54. The monoisotopic (exact) mass is 210 g/mol. The van der Waals surface area contributed by atoms with E-state index in [1.54, 1.807) is 0 Å². The number of nitrogens with zero attached hydrogens (tertiary/aromatic N) is 1. The molecule has 0 amide bonds. The first-order valence-electron chi connectivity index (χ1n) is 6.08. The van der Waals surface area contributed by atoms with E-state index in [1.807, 2.05) is 19.0 Å². The number of hydrogen-bond acceptors (Lipinski definition) is 1. The zero-order valence-corrected chi connectivity index (χ0v) is 10.9. The maximum absolute atomic E-state index is 7.99. The number of hydrogen-bond donors (Lipinski definition) is 1. The zero-order chi connectivity index (χ0) is 11.6. The van der Waals surface area contributed by atoms with Crippen LogP contribution in [0.25, 0.3) is 0 Å². The molecule has 0 atom stereocenters. The molecule has 0 radical (unpaired) electrons. The normalized spacial score (nSPS) is 27.5. The Labute approximate surface area is 94.6 Å². The Hall–Kier alpha value is -0.530. The molecule has 15 heavy (non-hydrogen) atoms. The molecule has 0 aromatic carbocycles. The standard InChI is InChI=1S/C13H26N2/c1-13(2,3)11-8-6-10(7-9-11)12(14)15(4)5/h10-11,14H,6-9H2,1-5H3. The SMILES string of the molecule is CN(C)C(=N)C1CCC(C(C)(C)C)CC1. The van der Waals surface area contributed by atoms with E-state index in [0.717, 1.165) is 11.8 Å². The summed E-state index contributed by atoms with van der Waals surface area (Å²) in [6.45, 7) is 7.03. The molecule has 1 fully saturated rings. The Bertz CT molecular complexity index is 217. The van der Waals surface area contributed by atoms with Gasteiger partial charge in [-0.05, 0) is 37.0 Å². The summed E-state index contributed by atoms with van der Waals surface area (Å²) in [5.41, 5.74) is 0.450. The van der Waals surface area contributed by atoms with Gasteiger partial charge in [0.1, 0.15) is 0 Å². The van der Waals surface area contributed by atoms with Crippen LogP contribution in [0, 0.1) is 22.7 Å². The molecule has 2 nitrogen and oxygen atoms in total. The van der Waals surface area contributed by atoms with Crippen molar-refractivity contribution in [1.29, 1.82) is 5.41 Å². The van der Waals surface area contributed by atoms with Crippen molar-refractivity contribution in [2.75, 3.05) is 14.1 Å². The van der Waals surface area contributed by atoms with Gasteiger partial charge < -0.3 is 4.90 Å². The van der Waals surface area contributed by atoms with Crippen LogP contribution < -0.4 is 0 Å². The highest BCUT2D eigenvalue weighted by Crippen LogP contribution is 2.40. The summed E-state index contributed by atoms with van der Waals surface area (Å²) in [6.07, 6.45) is 5.01. The molecule has 88 valence electrons. The molecular weight excluding hydrogens is 184 g/mol. The summed E-state index contributed by atoms with van der Waals surface area (Å²) in [4.78, 5) is 1.96. The van der Waals surface area contributed by atoms with Crippen molar-refractivity contribution in [2.45, 2.75) is 46.5 Å². The van der Waals surface area contributed by atoms with E-state index in [0.29, 0.717) is 11.3 Å². The highest BCUT2D eigenvalue weighted by molar-refractivity contribution is 5.81. The number of rotatable bonds is 1. The molecule has 0 saturated heterocycles. The van der Waals surface area contributed by atoms with E-state index in [9.17, 15) is 0 Å². The van der Waals surface area contributed by atoms with Gasteiger partial charge in [0.2, 0.25) is 0 Å². The van der Waals surface area contributed by atoms with Crippen LogP contribution in [-0.4, -0.2) is 24.8 Å². The fraction of sp³-hybridized carbons (Fsp3) is 0.923. The molecule has 0 bridgehead atoms. The fourth-order valence-electron chi connectivity index (χ4n) is 2.60. The first kappa shape index (κ1) is 12.5. The molecule has 2 heteroatoms. The van der Waals surface area contributed by atoms with Crippen LogP contribution in [0.5, 0.6) is 0 Å². The van der Waals surface area contributed by atoms with Gasteiger partial charge in [-0.25, -0.2) is 0 Å². The highest BCUT2D eigenvalue weighted by Gasteiger charge is 2.31. The van der Waals surface area contributed by atoms with Crippen molar-refractivity contribution in [3.63, 3.8) is 0 Å². The molecule has 1 saturated carbocycles. The average Bonchev–Trinajstić information content (AvgIpc) is 2.15. The van der Waals surface area contributed by atoms with Gasteiger partial charge in [-0.2, -0.15) is 0 Å². The Kier molecular flexibility index (Phi) is 3.80. The van der Waals surface area contributed by atoms with E-state index in [2.05, 4.69) is 20.8 Å². The van der Waals surface area contributed by atoms with Gasteiger partial charge >= 0.3 is 0 Å². The van der Waals surface area contributed by atoms with E-state index in [4.69, 9.17) is 5.41 Å². The van der Waals surface area contributed by atoms with Crippen molar-refractivity contribution in [3.05, 3.63) is 0 Å². The summed E-state index contributed by atoms with van der Waals surface area (Å²) in [7, 11) is 3.97. The Morgan fingerprint density at radius 1 is 1.07 bits per heavy atom. The molecule has 0 aliphatic heterocycles. The average molecular weight is 210 g/mol. The van der Waals surface area contributed by atoms with Crippen LogP contribution in [0.3, 0.4) is 0 Å². The summed E-state index contributed by atoms with van der Waals surface area (Å²) < 4.78 is 0. The number of nitrogens with one attached hydrogen (secondary N) is 1. The maximum Gasteiger partial charge on any atom is 0.0984 e. The third-order valence-electron chi connectivity index (χ3n) is 3.82. The van der Waals surface area contributed by atoms with Crippen molar-refractivity contribution >= 4 is 5.84 Å². The minimum atomic E-state index is 0.450. The fourth-order valence-corrected chi connectivity index (χ4v) is 2.60. The third kappa shape index (κ3) is 3.22. The number of amidine groups is 1. The quantitative estimate of drug-likeness (QED) is 0.521. The van der Waals surface area contributed by atoms with Crippen molar-refractivity contribution in [3.8, 4) is 0 Å². The van der Waals surface area contributed by atoms with Crippen LogP contribution in [-0.2, 0) is 0 Å². The molecular formula is C13H26N2. The lowest BCUT2D eigenvalue weighted by Gasteiger charge is -2.37. The van der Waals surface area contributed by atoms with E-state index in [1.165, 1.54) is 25.7 Å². The Morgan fingerprint density at radius 3 is 1.87 bits per heavy atom. The van der Waals surface area contributed by atoms with E-state index in [-0.39, 0.29) is 0 Å². The van der Waals surface area contributed by atoms with Crippen LogP contribution in [0.15, 0.2) is 0 Å². The molecule has 1 rings (SSSR count). The topological polar surface area (TPSA) is 27.1 Å². The van der Waals surface area contributed by atoms with Crippen LogP contribution >= 0.6 is 0 Å². The smallest absolute Gasteiger partial charge is 0.0984 e. The molecule has 0 aromatic rings. The van der Waals surface area contributed by atoms with Gasteiger partial charge in [0.05, 0.1) is 5.84 Å². The molecule has 0 heterocycles. The van der Waals surface area contributed by atoms with Crippen LogP contribution in [0.1, 0.15) is 46.5 Å². The predicted octanol–water partition coefficient (Wildman–Crippen LogP) is 3.38. The van der Waals surface area contributed by atoms with Crippen molar-refractivity contribution < 1.29 is 0 Å². The Morgan fingerprint density at radius 2 is 1.53 bits per heavy atom. The predicted molar refractivity (Wildman–Crippen MR) is 66.3 cm³/mol. The lowest BCUT2D eigenvalue weighted by atomic mass is 9.69. The minimum Gasteiger partial charge on any atom is -0.366 e. The summed E-state index contributed by atoms with van der Waals surface area (Å²) in [6, 6.07) is 0. The third-order valence-corrected chi connectivity index (χ3v) is 3.82. The lowest BCUT2D eigenvalue weighted by molar-refractivity contribution is 0.164. The zero-order valence-electron chi connectivity index (χ0n) is 10.9. The molecule has 1 aliphatic carbocycles. The second-order valence-electron chi connectivity index (χ2n) is 6.19. The second-order valence-corrected chi connectivity index (χ2v) is 6.19. The van der Waals surface area contributed by atoms with Gasteiger partial charge in [0.25, 0.3) is 0 Å². The minimum absolute atomic E-state index is 0.450. The summed E-state index contributed by atoms with van der Waals surface area (Å²) in [5.74, 6) is 2.18. The van der Waals surface area contributed by atoms with E-state index >= 15 is 0 Å². The largest absolute Gasteiger partial charge is 0.366 e. The van der Waals surface area contributed by atoms with E-state index < -0.39 is 0 Å². The molecule has 0 unspecified atom stereocenters. The van der Waals surface area contributed by atoms with Gasteiger partial charge in [-0.15, -0.1) is 0 Å². The van der Waals surface area contributed by atoms with Gasteiger partial charge in [-0.3, -0.25) is 5.41 Å². The Balaban J connectivity index is 2.46. The summed E-state index contributed by atoms with van der Waals surface area (Å²) >= 11 is 0. The lowest BCUT2D eigenvalue weighted by Crippen LogP contribution is -2.34. The highest BCUT2D eigenvalue weighted by atomic mass is 15.1. The molecule has 1 N–H and O–H groups in total. The van der Waals surface area contributed by atoms with Crippen LogP contribution in [0.4, 0.5) is 0 Å².